The van der Waals surface area contributed by atoms with Gasteiger partial charge in [0.25, 0.3) is 0 Å². The summed E-state index contributed by atoms with van der Waals surface area (Å²) >= 11 is 0. The zero-order valence-corrected chi connectivity index (χ0v) is 25.2. The molecule has 0 amide bonds. The molecule has 0 aromatic heterocycles. The number of methoxy groups -OCH3 is 1. The van der Waals surface area contributed by atoms with Gasteiger partial charge in [0.05, 0.1) is 38.6 Å². The highest BCUT2D eigenvalue weighted by Crippen LogP contribution is 2.32. The molecule has 20 heteroatoms. The minimum Gasteiger partial charge on any atom is -0.394 e. The molecule has 4 fully saturated rings. The summed E-state index contributed by atoms with van der Waals surface area (Å²) in [5.74, 6) is 0. The molecule has 0 saturated carbocycles. The first-order valence-electron chi connectivity index (χ1n) is 14.8. The fourth-order valence-electron chi connectivity index (χ4n) is 5.52. The van der Waals surface area contributed by atoms with Crippen LogP contribution in [0.25, 0.3) is 0 Å². The molecule has 0 spiro atoms. The molecule has 0 radical (unpaired) electrons. The van der Waals surface area contributed by atoms with Crippen LogP contribution >= 0.6 is 0 Å². The molecule has 4 heterocycles. The van der Waals surface area contributed by atoms with Crippen LogP contribution in [-0.2, 0) is 33.2 Å². The second-order valence-electron chi connectivity index (χ2n) is 11.5. The lowest BCUT2D eigenvalue weighted by atomic mass is 9.96. The van der Waals surface area contributed by atoms with Crippen LogP contribution in [0.15, 0.2) is 0 Å². The molecule has 0 aliphatic carbocycles. The van der Waals surface area contributed by atoms with E-state index in [-0.39, 0.29) is 12.7 Å². The monoisotopic (exact) mass is 680 g/mol. The molecular weight excluding hydrogens is 632 g/mol. The van der Waals surface area contributed by atoms with E-state index in [1.54, 1.807) is 6.92 Å². The van der Waals surface area contributed by atoms with Crippen molar-refractivity contribution in [2.24, 2.45) is 0 Å². The van der Waals surface area contributed by atoms with E-state index in [2.05, 4.69) is 0 Å². The van der Waals surface area contributed by atoms with E-state index in [4.69, 9.17) is 38.3 Å². The average molecular weight is 681 g/mol. The predicted molar refractivity (Wildman–Crippen MR) is 144 cm³/mol. The molecule has 4 aliphatic rings. The highest BCUT2D eigenvalue weighted by Gasteiger charge is 2.53. The second-order valence-corrected chi connectivity index (χ2v) is 11.5. The van der Waals surface area contributed by atoms with Gasteiger partial charge in [-0.25, -0.2) is 0 Å². The van der Waals surface area contributed by atoms with Crippen LogP contribution in [0, 0.1) is 0 Å². The average Bonchev–Trinajstić information content (AvgIpc) is 3.04. The van der Waals surface area contributed by atoms with E-state index < -0.39 is 130 Å². The maximum absolute atomic E-state index is 10.8. The van der Waals surface area contributed by atoms with Gasteiger partial charge in [-0.1, -0.05) is 0 Å². The predicted octanol–water partition coefficient (Wildman–Crippen LogP) is -8.04. The number of hydrogen-bond donors (Lipinski definition) is 13. The van der Waals surface area contributed by atoms with Crippen LogP contribution in [0.5, 0.6) is 0 Å². The maximum atomic E-state index is 10.8. The van der Waals surface area contributed by atoms with Crippen molar-refractivity contribution in [3.05, 3.63) is 0 Å². The normalized spacial score (nSPS) is 50.0. The largest absolute Gasteiger partial charge is 0.394 e. The third kappa shape index (κ3) is 8.86. The Balaban J connectivity index is 0.000000441. The lowest BCUT2D eigenvalue weighted by molar-refractivity contribution is -0.384. The fourth-order valence-corrected chi connectivity index (χ4v) is 5.52. The second kappa shape index (κ2) is 17.7. The van der Waals surface area contributed by atoms with Crippen molar-refractivity contribution in [2.45, 2.75) is 130 Å². The third-order valence-electron chi connectivity index (χ3n) is 8.25. The number of hydrogen-bond acceptors (Lipinski definition) is 20. The van der Waals surface area contributed by atoms with Crippen LogP contribution in [0.2, 0.25) is 0 Å². The number of aliphatic hydroxyl groups is 13. The Morgan fingerprint density at radius 1 is 0.478 bits per heavy atom. The van der Waals surface area contributed by atoms with E-state index in [0.717, 1.165) is 0 Å². The molecule has 4 saturated heterocycles. The molecule has 0 aromatic rings. The number of ether oxygens (including phenoxy) is 7. The summed E-state index contributed by atoms with van der Waals surface area (Å²) in [6.45, 7) is -0.611. The van der Waals surface area contributed by atoms with Gasteiger partial charge in [0.1, 0.15) is 85.5 Å². The molecule has 46 heavy (non-hydrogen) atoms. The van der Waals surface area contributed by atoms with Gasteiger partial charge in [0.15, 0.2) is 18.9 Å². The van der Waals surface area contributed by atoms with Crippen LogP contribution in [0.4, 0.5) is 0 Å². The van der Waals surface area contributed by atoms with Gasteiger partial charge in [-0.2, -0.15) is 0 Å². The topological polar surface area (TPSA) is 328 Å². The summed E-state index contributed by atoms with van der Waals surface area (Å²) in [4.78, 5) is 0. The minimum atomic E-state index is -1.86. The number of rotatable bonds is 9. The van der Waals surface area contributed by atoms with Crippen molar-refractivity contribution >= 4 is 0 Å². The van der Waals surface area contributed by atoms with Gasteiger partial charge in [-0.15, -0.1) is 0 Å². The zero-order chi connectivity index (χ0) is 34.5. The standard InChI is InChI=1S/C19H34O16.C7H14O4/c1-30-19-16(12(27)9(24)6(3-21)33-19)35-18-14(29)15(10(25)7(4-22)32-18)34-17-13(28)11(26)8(23)5(2-20)31-17;1-4-2-5(9)7(10)6(3-8)11-4/h5-29H,2-4H2,1H3;4-10H,2-3H2,1H3. The molecule has 0 bridgehead atoms. The van der Waals surface area contributed by atoms with Gasteiger partial charge in [0.2, 0.25) is 0 Å². The van der Waals surface area contributed by atoms with E-state index in [9.17, 15) is 61.3 Å². The highest BCUT2D eigenvalue weighted by molar-refractivity contribution is 4.96. The van der Waals surface area contributed by atoms with E-state index in [1.807, 2.05) is 0 Å². The van der Waals surface area contributed by atoms with Gasteiger partial charge in [0, 0.05) is 13.5 Å². The Kier molecular flexibility index (Phi) is 15.3. The fraction of sp³-hybridized carbons (Fsp3) is 1.00. The Bertz CT molecular complexity index is 884. The van der Waals surface area contributed by atoms with Crippen molar-refractivity contribution in [3.63, 3.8) is 0 Å². The quantitative estimate of drug-likeness (QED) is 0.107. The molecule has 19 unspecified atom stereocenters. The van der Waals surface area contributed by atoms with Gasteiger partial charge < -0.3 is 99.5 Å². The Morgan fingerprint density at radius 2 is 0.913 bits per heavy atom. The summed E-state index contributed by atoms with van der Waals surface area (Å²) in [7, 11) is 1.20. The first-order valence-corrected chi connectivity index (χ1v) is 14.8. The van der Waals surface area contributed by atoms with Gasteiger partial charge in [-0.3, -0.25) is 0 Å². The molecule has 13 N–H and O–H groups in total. The summed E-state index contributed by atoms with van der Waals surface area (Å²) in [6.07, 6.45) is -26.0. The van der Waals surface area contributed by atoms with Gasteiger partial charge >= 0.3 is 0 Å². The SMILES string of the molecule is CC1CC(O)C(O)C(CO)O1.COC1OC(CO)C(O)C(O)C1OC1OC(CO)C(O)C(OC2OC(CO)C(O)C(O)C2O)C1O. The summed E-state index contributed by atoms with van der Waals surface area (Å²) < 4.78 is 37.3. The van der Waals surface area contributed by atoms with Crippen LogP contribution in [0.3, 0.4) is 0 Å². The third-order valence-corrected chi connectivity index (χ3v) is 8.25. The zero-order valence-electron chi connectivity index (χ0n) is 25.2. The molecular formula is C26H48O20. The summed E-state index contributed by atoms with van der Waals surface area (Å²) in [5, 5.41) is 128. The molecule has 20 nitrogen and oxygen atoms in total. The Labute approximate surface area is 263 Å². The van der Waals surface area contributed by atoms with Crippen LogP contribution < -0.4 is 0 Å². The summed E-state index contributed by atoms with van der Waals surface area (Å²) in [6, 6.07) is 0. The maximum Gasteiger partial charge on any atom is 0.187 e. The molecule has 4 aliphatic heterocycles. The lowest BCUT2D eigenvalue weighted by Crippen LogP contribution is -2.66. The first kappa shape index (κ1) is 39.6. The molecule has 19 atom stereocenters. The number of aliphatic hydroxyl groups excluding tert-OH is 13. The molecule has 4 rings (SSSR count). The smallest absolute Gasteiger partial charge is 0.187 e. The van der Waals surface area contributed by atoms with E-state index in [1.165, 1.54) is 7.11 Å². The molecule has 272 valence electrons. The van der Waals surface area contributed by atoms with Crippen LogP contribution in [0.1, 0.15) is 13.3 Å². The van der Waals surface area contributed by atoms with Crippen molar-refractivity contribution in [1.82, 2.24) is 0 Å². The van der Waals surface area contributed by atoms with Crippen molar-refractivity contribution in [3.8, 4) is 0 Å². The minimum absolute atomic E-state index is 0.0921. The Morgan fingerprint density at radius 3 is 1.43 bits per heavy atom. The highest BCUT2D eigenvalue weighted by atomic mass is 16.8. The summed E-state index contributed by atoms with van der Waals surface area (Å²) in [5.41, 5.74) is 0. The van der Waals surface area contributed by atoms with E-state index >= 15 is 0 Å². The molecule has 0 aromatic carbocycles. The Hall–Kier alpha value is -0.800. The van der Waals surface area contributed by atoms with Crippen molar-refractivity contribution in [2.75, 3.05) is 33.5 Å². The lowest BCUT2D eigenvalue weighted by Gasteiger charge is -2.48. The van der Waals surface area contributed by atoms with Crippen molar-refractivity contribution < 1.29 is 99.5 Å². The van der Waals surface area contributed by atoms with Gasteiger partial charge in [-0.05, 0) is 6.92 Å². The van der Waals surface area contributed by atoms with Crippen LogP contribution in [-0.4, -0.2) is 216 Å². The van der Waals surface area contributed by atoms with Crippen molar-refractivity contribution in [1.29, 1.82) is 0 Å². The van der Waals surface area contributed by atoms with E-state index in [0.29, 0.717) is 6.42 Å². The first-order chi connectivity index (χ1) is 21.7.